The summed E-state index contributed by atoms with van der Waals surface area (Å²) < 4.78 is 28.5. The second-order valence-electron chi connectivity index (χ2n) is 6.27. The number of rotatable bonds is 2. The van der Waals surface area contributed by atoms with E-state index in [2.05, 4.69) is 37.8 Å². The van der Waals surface area contributed by atoms with Gasteiger partial charge in [-0.15, -0.1) is 0 Å². The van der Waals surface area contributed by atoms with E-state index < -0.39 is 9.84 Å². The maximum Gasteiger partial charge on any atom is 0.153 e. The molecular formula is C15H23NO3S. The molecular weight excluding hydrogens is 274 g/mol. The summed E-state index contributed by atoms with van der Waals surface area (Å²) in [6.45, 7) is 7.56. The molecule has 0 aromatic heterocycles. The molecule has 0 bridgehead atoms. The van der Waals surface area contributed by atoms with Crippen molar-refractivity contribution in [3.63, 3.8) is 0 Å². The molecule has 1 heterocycles. The smallest absolute Gasteiger partial charge is 0.153 e. The Balaban J connectivity index is 2.27. The highest BCUT2D eigenvalue weighted by Crippen LogP contribution is 2.34. The van der Waals surface area contributed by atoms with Gasteiger partial charge in [0.2, 0.25) is 0 Å². The van der Waals surface area contributed by atoms with E-state index in [1.807, 2.05) is 6.07 Å². The number of hydrogen-bond donors (Lipinski definition) is 0. The van der Waals surface area contributed by atoms with Crippen LogP contribution in [0.25, 0.3) is 0 Å². The predicted octanol–water partition coefficient (Wildman–Crippen LogP) is 2.23. The van der Waals surface area contributed by atoms with Gasteiger partial charge in [-0.05, 0) is 17.0 Å². The van der Waals surface area contributed by atoms with E-state index in [0.29, 0.717) is 13.1 Å². The lowest BCUT2D eigenvalue weighted by Gasteiger charge is -2.30. The van der Waals surface area contributed by atoms with Crippen molar-refractivity contribution in [1.82, 2.24) is 0 Å². The zero-order chi connectivity index (χ0) is 15.0. The number of sulfone groups is 1. The van der Waals surface area contributed by atoms with Crippen LogP contribution in [-0.2, 0) is 15.3 Å². The summed E-state index contributed by atoms with van der Waals surface area (Å²) in [5.74, 6) is 1.33. The van der Waals surface area contributed by atoms with Crippen LogP contribution in [0.5, 0.6) is 5.75 Å². The van der Waals surface area contributed by atoms with Crippen LogP contribution >= 0.6 is 0 Å². The molecule has 0 aliphatic carbocycles. The van der Waals surface area contributed by atoms with Gasteiger partial charge in [-0.2, -0.15) is 0 Å². The van der Waals surface area contributed by atoms with Crippen LogP contribution in [-0.4, -0.2) is 40.1 Å². The molecule has 0 atom stereocenters. The van der Waals surface area contributed by atoms with Crippen molar-refractivity contribution in [3.8, 4) is 5.75 Å². The lowest BCUT2D eigenvalue weighted by Crippen LogP contribution is -2.40. The molecule has 0 spiro atoms. The van der Waals surface area contributed by atoms with E-state index in [1.54, 1.807) is 7.11 Å². The average molecular weight is 297 g/mol. The molecule has 20 heavy (non-hydrogen) atoms. The third-order valence-corrected chi connectivity index (χ3v) is 5.31. The maximum atomic E-state index is 11.5. The Labute approximate surface area is 121 Å². The Kier molecular flexibility index (Phi) is 4.00. The van der Waals surface area contributed by atoms with Crippen molar-refractivity contribution in [3.05, 3.63) is 23.8 Å². The van der Waals surface area contributed by atoms with Crippen LogP contribution in [0, 0.1) is 0 Å². The summed E-state index contributed by atoms with van der Waals surface area (Å²) >= 11 is 0. The van der Waals surface area contributed by atoms with Gasteiger partial charge in [-0.1, -0.05) is 26.8 Å². The van der Waals surface area contributed by atoms with Crippen LogP contribution in [0.15, 0.2) is 18.2 Å². The summed E-state index contributed by atoms with van der Waals surface area (Å²) in [5.41, 5.74) is 2.22. The molecule has 1 saturated heterocycles. The first-order valence-electron chi connectivity index (χ1n) is 6.87. The molecule has 0 amide bonds. The van der Waals surface area contributed by atoms with Gasteiger partial charge in [-0.3, -0.25) is 0 Å². The standard InChI is InChI=1S/C15H23NO3S/c1-15(2,3)13-6-5-12(11-14(13)19-4)16-7-9-20(17,18)10-8-16/h5-6,11H,7-10H2,1-4H3. The van der Waals surface area contributed by atoms with Crippen molar-refractivity contribution in [2.24, 2.45) is 0 Å². The Morgan fingerprint density at radius 3 is 2.25 bits per heavy atom. The predicted molar refractivity (Wildman–Crippen MR) is 82.6 cm³/mol. The number of nitrogens with zero attached hydrogens (tertiary/aromatic N) is 1. The zero-order valence-electron chi connectivity index (χ0n) is 12.6. The third-order valence-electron chi connectivity index (χ3n) is 3.70. The molecule has 0 radical (unpaired) electrons. The molecule has 4 nitrogen and oxygen atoms in total. The normalized spacial score (nSPS) is 18.9. The summed E-state index contributed by atoms with van der Waals surface area (Å²) in [4.78, 5) is 2.11. The van der Waals surface area contributed by atoms with Gasteiger partial charge in [0.15, 0.2) is 9.84 Å². The zero-order valence-corrected chi connectivity index (χ0v) is 13.5. The highest BCUT2D eigenvalue weighted by Gasteiger charge is 2.24. The minimum Gasteiger partial charge on any atom is -0.496 e. The quantitative estimate of drug-likeness (QED) is 0.840. The molecule has 0 unspecified atom stereocenters. The maximum absolute atomic E-state index is 11.5. The Hall–Kier alpha value is -1.23. The van der Waals surface area contributed by atoms with Gasteiger partial charge in [0.25, 0.3) is 0 Å². The fourth-order valence-electron chi connectivity index (χ4n) is 2.47. The number of methoxy groups -OCH3 is 1. The largest absolute Gasteiger partial charge is 0.496 e. The fourth-order valence-corrected chi connectivity index (χ4v) is 3.67. The van der Waals surface area contributed by atoms with Crippen molar-refractivity contribution in [2.75, 3.05) is 36.6 Å². The van der Waals surface area contributed by atoms with Crippen LogP contribution in [0.3, 0.4) is 0 Å². The molecule has 0 saturated carbocycles. The summed E-state index contributed by atoms with van der Waals surface area (Å²) in [6.07, 6.45) is 0. The van der Waals surface area contributed by atoms with Crippen molar-refractivity contribution < 1.29 is 13.2 Å². The van der Waals surface area contributed by atoms with E-state index >= 15 is 0 Å². The number of hydrogen-bond acceptors (Lipinski definition) is 4. The molecule has 112 valence electrons. The Morgan fingerprint density at radius 2 is 1.75 bits per heavy atom. The molecule has 2 rings (SSSR count). The summed E-state index contributed by atoms with van der Waals surface area (Å²) in [7, 11) is -1.17. The Morgan fingerprint density at radius 1 is 1.15 bits per heavy atom. The van der Waals surface area contributed by atoms with Gasteiger partial charge >= 0.3 is 0 Å². The first kappa shape index (κ1) is 15.2. The molecule has 0 N–H and O–H groups in total. The van der Waals surface area contributed by atoms with Gasteiger partial charge < -0.3 is 9.64 Å². The molecule has 1 aromatic rings. The minimum absolute atomic E-state index is 0.0229. The molecule has 5 heteroatoms. The van der Waals surface area contributed by atoms with Crippen molar-refractivity contribution in [1.29, 1.82) is 0 Å². The number of ether oxygens (including phenoxy) is 1. The van der Waals surface area contributed by atoms with Gasteiger partial charge in [0, 0.05) is 24.8 Å². The second kappa shape index (κ2) is 5.28. The minimum atomic E-state index is -2.84. The Bertz CT molecular complexity index is 574. The third kappa shape index (κ3) is 3.26. The van der Waals surface area contributed by atoms with E-state index in [0.717, 1.165) is 17.0 Å². The fraction of sp³-hybridized carbons (Fsp3) is 0.600. The van der Waals surface area contributed by atoms with E-state index in [1.165, 1.54) is 0 Å². The van der Waals surface area contributed by atoms with Crippen molar-refractivity contribution >= 4 is 15.5 Å². The van der Waals surface area contributed by atoms with Crippen LogP contribution in [0.2, 0.25) is 0 Å². The van der Waals surface area contributed by atoms with Crippen LogP contribution in [0.1, 0.15) is 26.3 Å². The SMILES string of the molecule is COc1cc(N2CCS(=O)(=O)CC2)ccc1C(C)(C)C. The highest BCUT2D eigenvalue weighted by atomic mass is 32.2. The molecule has 1 aromatic carbocycles. The summed E-state index contributed by atoms with van der Waals surface area (Å²) in [5, 5.41) is 0. The molecule has 1 fully saturated rings. The first-order chi connectivity index (χ1) is 9.23. The van der Waals surface area contributed by atoms with E-state index in [9.17, 15) is 8.42 Å². The van der Waals surface area contributed by atoms with Crippen LogP contribution in [0.4, 0.5) is 5.69 Å². The van der Waals surface area contributed by atoms with Gasteiger partial charge in [-0.25, -0.2) is 8.42 Å². The lowest BCUT2D eigenvalue weighted by molar-refractivity contribution is 0.397. The molecule has 1 aliphatic rings. The molecule has 1 aliphatic heterocycles. The van der Waals surface area contributed by atoms with E-state index in [-0.39, 0.29) is 16.9 Å². The topological polar surface area (TPSA) is 46.6 Å². The second-order valence-corrected chi connectivity index (χ2v) is 8.58. The van der Waals surface area contributed by atoms with E-state index in [4.69, 9.17) is 4.74 Å². The first-order valence-corrected chi connectivity index (χ1v) is 8.69. The van der Waals surface area contributed by atoms with Gasteiger partial charge in [0.05, 0.1) is 18.6 Å². The van der Waals surface area contributed by atoms with Crippen molar-refractivity contribution in [2.45, 2.75) is 26.2 Å². The summed E-state index contributed by atoms with van der Waals surface area (Å²) in [6, 6.07) is 6.15. The number of anilines is 1. The monoisotopic (exact) mass is 297 g/mol. The highest BCUT2D eigenvalue weighted by molar-refractivity contribution is 7.91. The van der Waals surface area contributed by atoms with Crippen LogP contribution < -0.4 is 9.64 Å². The lowest BCUT2D eigenvalue weighted by atomic mass is 9.86. The number of benzene rings is 1. The van der Waals surface area contributed by atoms with Gasteiger partial charge in [0.1, 0.15) is 5.75 Å². The average Bonchev–Trinajstić information content (AvgIpc) is 2.37.